The molecule has 0 radical (unpaired) electrons. The second kappa shape index (κ2) is 10.2. The first-order chi connectivity index (χ1) is 12.1. The van der Waals surface area contributed by atoms with Gasteiger partial charge in [-0.3, -0.25) is 15.0 Å². The summed E-state index contributed by atoms with van der Waals surface area (Å²) in [4.78, 5) is 14.4. The van der Waals surface area contributed by atoms with Crippen LogP contribution < -0.4 is 5.32 Å². The van der Waals surface area contributed by atoms with E-state index in [1.54, 1.807) is 24.3 Å². The summed E-state index contributed by atoms with van der Waals surface area (Å²) >= 11 is 5.87. The predicted octanol–water partition coefficient (Wildman–Crippen LogP) is 4.23. The molecule has 2 aromatic rings. The van der Waals surface area contributed by atoms with E-state index in [9.17, 15) is 4.79 Å². The van der Waals surface area contributed by atoms with E-state index >= 15 is 0 Å². The van der Waals surface area contributed by atoms with E-state index < -0.39 is 0 Å². The third-order valence-electron chi connectivity index (χ3n) is 3.79. The van der Waals surface area contributed by atoms with Crippen LogP contribution in [0.4, 0.5) is 6.01 Å². The summed E-state index contributed by atoms with van der Waals surface area (Å²) in [6.07, 6.45) is 4.38. The molecule has 1 amide bonds. The molecule has 0 aliphatic heterocycles. The third kappa shape index (κ3) is 6.48. The number of aromatic nitrogens is 2. The number of nitrogens with one attached hydrogen (secondary N) is 1. The zero-order chi connectivity index (χ0) is 18.1. The number of hydrogen-bond donors (Lipinski definition) is 1. The predicted molar refractivity (Wildman–Crippen MR) is 99.6 cm³/mol. The van der Waals surface area contributed by atoms with Crippen LogP contribution in [0.2, 0.25) is 5.02 Å². The molecule has 0 saturated carbocycles. The van der Waals surface area contributed by atoms with Gasteiger partial charge >= 0.3 is 6.01 Å². The van der Waals surface area contributed by atoms with Crippen LogP contribution in [-0.4, -0.2) is 40.6 Å². The Morgan fingerprint density at radius 2 is 1.76 bits per heavy atom. The molecule has 1 heterocycles. The second-order valence-corrected chi connectivity index (χ2v) is 6.39. The number of rotatable bonds is 10. The van der Waals surface area contributed by atoms with Crippen LogP contribution in [0.1, 0.15) is 39.5 Å². The first kappa shape index (κ1) is 19.4. The normalized spacial score (nSPS) is 11.0. The van der Waals surface area contributed by atoms with Gasteiger partial charge in [0.1, 0.15) is 0 Å². The number of hydrogen-bond acceptors (Lipinski definition) is 5. The monoisotopic (exact) mass is 364 g/mol. The van der Waals surface area contributed by atoms with Crippen LogP contribution in [0.3, 0.4) is 0 Å². The fourth-order valence-electron chi connectivity index (χ4n) is 2.38. The third-order valence-corrected chi connectivity index (χ3v) is 4.04. The van der Waals surface area contributed by atoms with E-state index in [4.69, 9.17) is 16.0 Å². The number of carbonyl (C=O) groups is 1. The Morgan fingerprint density at radius 1 is 1.12 bits per heavy atom. The summed E-state index contributed by atoms with van der Waals surface area (Å²) < 4.78 is 5.51. The van der Waals surface area contributed by atoms with Crippen LogP contribution in [0.15, 0.2) is 28.7 Å². The van der Waals surface area contributed by atoms with Gasteiger partial charge in [-0.05, 0) is 50.2 Å². The molecule has 1 aromatic carbocycles. The van der Waals surface area contributed by atoms with Crippen molar-refractivity contribution in [3.8, 4) is 11.5 Å². The summed E-state index contributed by atoms with van der Waals surface area (Å²) in [6.45, 7) is 6.47. The molecule has 0 unspecified atom stereocenters. The minimum atomic E-state index is -0.140. The van der Waals surface area contributed by atoms with Gasteiger partial charge in [-0.15, -0.1) is 5.10 Å². The SMILES string of the molecule is CCCCN(CCCC)CC(=O)Nc1nnc(-c2ccc(Cl)cc2)o1. The van der Waals surface area contributed by atoms with Crippen molar-refractivity contribution in [2.75, 3.05) is 25.0 Å². The maximum atomic E-state index is 12.2. The van der Waals surface area contributed by atoms with Crippen molar-refractivity contribution in [3.05, 3.63) is 29.3 Å². The highest BCUT2D eigenvalue weighted by molar-refractivity contribution is 6.30. The minimum Gasteiger partial charge on any atom is -0.403 e. The standard InChI is InChI=1S/C18H25ClN4O2/c1-3-5-11-23(12-6-4-2)13-16(24)20-18-22-21-17(25-18)14-7-9-15(19)10-8-14/h7-10H,3-6,11-13H2,1-2H3,(H,20,22,24). The van der Waals surface area contributed by atoms with E-state index in [2.05, 4.69) is 34.3 Å². The number of benzene rings is 1. The average molecular weight is 365 g/mol. The zero-order valence-electron chi connectivity index (χ0n) is 14.8. The van der Waals surface area contributed by atoms with Gasteiger partial charge in [0.05, 0.1) is 6.54 Å². The van der Waals surface area contributed by atoms with Crippen molar-refractivity contribution < 1.29 is 9.21 Å². The molecule has 0 aliphatic carbocycles. The maximum Gasteiger partial charge on any atom is 0.322 e. The molecule has 0 aliphatic rings. The Bertz CT molecular complexity index is 649. The second-order valence-electron chi connectivity index (χ2n) is 5.95. The van der Waals surface area contributed by atoms with Crippen LogP contribution in [-0.2, 0) is 4.79 Å². The Hall–Kier alpha value is -1.92. The molecule has 25 heavy (non-hydrogen) atoms. The van der Waals surface area contributed by atoms with Crippen molar-refractivity contribution in [1.82, 2.24) is 15.1 Å². The molecule has 1 aromatic heterocycles. The first-order valence-corrected chi connectivity index (χ1v) is 9.11. The van der Waals surface area contributed by atoms with Gasteiger partial charge in [0.25, 0.3) is 0 Å². The zero-order valence-corrected chi connectivity index (χ0v) is 15.6. The number of halogens is 1. The van der Waals surface area contributed by atoms with Gasteiger partial charge in [-0.1, -0.05) is 43.4 Å². The Kier molecular flexibility index (Phi) is 7.88. The van der Waals surface area contributed by atoms with Crippen LogP contribution in [0.5, 0.6) is 0 Å². The largest absolute Gasteiger partial charge is 0.403 e. The van der Waals surface area contributed by atoms with Gasteiger partial charge in [0.15, 0.2) is 0 Å². The van der Waals surface area contributed by atoms with Crippen LogP contribution >= 0.6 is 11.6 Å². The molecule has 136 valence electrons. The molecular weight excluding hydrogens is 340 g/mol. The van der Waals surface area contributed by atoms with Crippen molar-refractivity contribution in [2.24, 2.45) is 0 Å². The lowest BCUT2D eigenvalue weighted by atomic mass is 10.2. The lowest BCUT2D eigenvalue weighted by molar-refractivity contribution is -0.117. The van der Waals surface area contributed by atoms with Crippen molar-refractivity contribution in [1.29, 1.82) is 0 Å². The van der Waals surface area contributed by atoms with Gasteiger partial charge in [-0.2, -0.15) is 0 Å². The number of nitrogens with zero attached hydrogens (tertiary/aromatic N) is 3. The molecule has 1 N–H and O–H groups in total. The first-order valence-electron chi connectivity index (χ1n) is 8.74. The van der Waals surface area contributed by atoms with Crippen LogP contribution in [0, 0.1) is 0 Å². The number of anilines is 1. The molecule has 2 rings (SSSR count). The molecule has 7 heteroatoms. The minimum absolute atomic E-state index is 0.112. The van der Waals surface area contributed by atoms with Gasteiger partial charge in [0, 0.05) is 10.6 Å². The highest BCUT2D eigenvalue weighted by Gasteiger charge is 2.14. The van der Waals surface area contributed by atoms with Crippen molar-refractivity contribution >= 4 is 23.5 Å². The number of amides is 1. The molecule has 0 spiro atoms. The lowest BCUT2D eigenvalue weighted by Gasteiger charge is -2.20. The molecule has 0 atom stereocenters. The summed E-state index contributed by atoms with van der Waals surface area (Å²) in [7, 11) is 0. The highest BCUT2D eigenvalue weighted by atomic mass is 35.5. The Morgan fingerprint density at radius 3 is 2.36 bits per heavy atom. The molecule has 0 fully saturated rings. The number of unbranched alkanes of at least 4 members (excludes halogenated alkanes) is 2. The van der Waals surface area contributed by atoms with Crippen molar-refractivity contribution in [2.45, 2.75) is 39.5 Å². The summed E-state index contributed by atoms with van der Waals surface area (Å²) in [5.41, 5.74) is 0.755. The fourth-order valence-corrected chi connectivity index (χ4v) is 2.50. The quantitative estimate of drug-likeness (QED) is 0.683. The Balaban J connectivity index is 1.92. The molecule has 0 bridgehead atoms. The van der Waals surface area contributed by atoms with Gasteiger partial charge in [0.2, 0.25) is 11.8 Å². The van der Waals surface area contributed by atoms with E-state index in [0.29, 0.717) is 17.5 Å². The molecule has 6 nitrogen and oxygen atoms in total. The van der Waals surface area contributed by atoms with E-state index in [-0.39, 0.29) is 11.9 Å². The average Bonchev–Trinajstić information content (AvgIpc) is 3.06. The van der Waals surface area contributed by atoms with Crippen molar-refractivity contribution in [3.63, 3.8) is 0 Å². The lowest BCUT2D eigenvalue weighted by Crippen LogP contribution is -2.34. The van der Waals surface area contributed by atoms with Gasteiger partial charge < -0.3 is 4.42 Å². The highest BCUT2D eigenvalue weighted by Crippen LogP contribution is 2.21. The molecular formula is C18H25ClN4O2. The summed E-state index contributed by atoms with van der Waals surface area (Å²) in [5, 5.41) is 11.2. The fraction of sp³-hybridized carbons (Fsp3) is 0.500. The maximum absolute atomic E-state index is 12.2. The molecule has 0 saturated heterocycles. The smallest absolute Gasteiger partial charge is 0.322 e. The van der Waals surface area contributed by atoms with E-state index in [1.165, 1.54) is 0 Å². The number of carbonyl (C=O) groups excluding carboxylic acids is 1. The van der Waals surface area contributed by atoms with Gasteiger partial charge in [-0.25, -0.2) is 0 Å². The Labute approximate surface area is 153 Å². The summed E-state index contributed by atoms with van der Waals surface area (Å²) in [6, 6.07) is 7.19. The van der Waals surface area contributed by atoms with Crippen LogP contribution in [0.25, 0.3) is 11.5 Å². The summed E-state index contributed by atoms with van der Waals surface area (Å²) in [5.74, 6) is 0.208. The van der Waals surface area contributed by atoms with E-state index in [0.717, 1.165) is 44.3 Å². The topological polar surface area (TPSA) is 71.3 Å². The van der Waals surface area contributed by atoms with E-state index in [1.807, 2.05) is 0 Å².